The zero-order valence-corrected chi connectivity index (χ0v) is 32.8. The van der Waals surface area contributed by atoms with E-state index in [0.717, 1.165) is 75.5 Å². The first-order valence-corrected chi connectivity index (χ1v) is 19.4. The molecule has 0 atom stereocenters. The Morgan fingerprint density at radius 1 is 0.714 bits per heavy atom. The number of alkyl carbamates (subject to hydrolysis) is 1. The number of hydrogen-bond donors (Lipinski definition) is 1. The van der Waals surface area contributed by atoms with E-state index in [9.17, 15) is 4.79 Å². The summed E-state index contributed by atoms with van der Waals surface area (Å²) < 4.78 is 9.67. The van der Waals surface area contributed by atoms with Crippen LogP contribution in [0.4, 0.5) is 4.79 Å². The molecule has 0 aliphatic rings. The maximum absolute atomic E-state index is 12.3. The normalized spacial score (nSPS) is 11.7. The van der Waals surface area contributed by atoms with Crippen molar-refractivity contribution in [2.45, 2.75) is 71.4 Å². The average molecular weight is 744 g/mol. The van der Waals surface area contributed by atoms with Crippen molar-refractivity contribution < 1.29 is 9.53 Å². The van der Waals surface area contributed by atoms with Crippen LogP contribution in [0.5, 0.6) is 0 Å². The van der Waals surface area contributed by atoms with Crippen molar-refractivity contribution in [3.63, 3.8) is 0 Å². The van der Waals surface area contributed by atoms with Crippen molar-refractivity contribution in [2.75, 3.05) is 6.54 Å². The molecule has 5 aromatic carbocycles. The van der Waals surface area contributed by atoms with Crippen LogP contribution >= 0.6 is 0 Å². The Morgan fingerprint density at radius 3 is 1.82 bits per heavy atom. The van der Waals surface area contributed by atoms with Gasteiger partial charge in [-0.05, 0) is 84.5 Å². The van der Waals surface area contributed by atoms with Gasteiger partial charge in [-0.3, -0.25) is 0 Å². The number of ether oxygens (including phenoxy) is 1. The van der Waals surface area contributed by atoms with E-state index in [0.29, 0.717) is 18.8 Å². The summed E-state index contributed by atoms with van der Waals surface area (Å²) in [4.78, 5) is 17.4. The van der Waals surface area contributed by atoms with Crippen molar-refractivity contribution in [3.8, 4) is 28.2 Å². The van der Waals surface area contributed by atoms with Gasteiger partial charge >= 0.3 is 6.09 Å². The van der Waals surface area contributed by atoms with Gasteiger partial charge in [-0.2, -0.15) is 0 Å². The van der Waals surface area contributed by atoms with Crippen LogP contribution in [0.15, 0.2) is 140 Å². The summed E-state index contributed by atoms with van der Waals surface area (Å²) in [6.07, 6.45) is 3.14. The average Bonchev–Trinajstić information content (AvgIpc) is 3.82. The minimum absolute atomic E-state index is 0.420. The van der Waals surface area contributed by atoms with Crippen LogP contribution < -0.4 is 5.32 Å². The second-order valence-corrected chi connectivity index (χ2v) is 15.0. The summed E-state index contributed by atoms with van der Waals surface area (Å²) >= 11 is 0. The quantitative estimate of drug-likeness (QED) is 0.118. The summed E-state index contributed by atoms with van der Waals surface area (Å²) in [5.74, 6) is 1.67. The minimum atomic E-state index is -0.868. The molecule has 0 unspecified atom stereocenters. The second-order valence-electron chi connectivity index (χ2n) is 15.0. The van der Waals surface area contributed by atoms with Crippen LogP contribution in [0.2, 0.25) is 0 Å². The molecule has 0 saturated heterocycles. The van der Waals surface area contributed by atoms with E-state index in [1.807, 2.05) is 49.7 Å². The molecule has 0 bridgehead atoms. The van der Waals surface area contributed by atoms with E-state index in [1.165, 1.54) is 0 Å². The first kappa shape index (κ1) is 37.9. The number of nitrogens with zero attached hydrogens (tertiary/aromatic N) is 6. The third-order valence-electron chi connectivity index (χ3n) is 10.0. The van der Waals surface area contributed by atoms with Crippen molar-refractivity contribution in [1.82, 2.24) is 35.1 Å². The molecule has 0 fully saturated rings. The molecule has 9 heteroatoms. The van der Waals surface area contributed by atoms with Gasteiger partial charge in [-0.1, -0.05) is 141 Å². The van der Waals surface area contributed by atoms with E-state index >= 15 is 0 Å². The highest BCUT2D eigenvalue weighted by atomic mass is 16.6. The number of carbonyl (C=O) groups is 1. The lowest BCUT2D eigenvalue weighted by molar-refractivity contribution is 0.0528. The number of unbranched alkanes of at least 4 members (excludes halogenated alkanes) is 1. The van der Waals surface area contributed by atoms with E-state index in [1.54, 1.807) is 0 Å². The lowest BCUT2D eigenvalue weighted by Gasteiger charge is -2.36. The molecule has 9 nitrogen and oxygen atoms in total. The van der Waals surface area contributed by atoms with Crippen LogP contribution in [0, 0.1) is 6.92 Å². The number of carbonyl (C=O) groups excluding carboxylic acids is 1. The Labute approximate surface area is 329 Å². The SMILES string of the molecule is CCCCc1nc(CCNC(=O)OC(C)(C)C)c(C)n1-c1ccc(-c2ccccc2-c2nnnn2C(c2ccccc2)(c2ccccc2)c2ccccc2)cc1. The van der Waals surface area contributed by atoms with Crippen molar-refractivity contribution in [2.24, 2.45) is 0 Å². The van der Waals surface area contributed by atoms with Crippen molar-refractivity contribution >= 4 is 6.09 Å². The Balaban J connectivity index is 1.27. The first-order chi connectivity index (χ1) is 27.2. The second kappa shape index (κ2) is 16.6. The highest BCUT2D eigenvalue weighted by Gasteiger charge is 2.42. The maximum Gasteiger partial charge on any atom is 0.407 e. The molecule has 1 N–H and O–H groups in total. The summed E-state index contributed by atoms with van der Waals surface area (Å²) in [6, 6.07) is 48.3. The Bertz CT molecular complexity index is 2260. The largest absolute Gasteiger partial charge is 0.444 e. The molecule has 284 valence electrons. The van der Waals surface area contributed by atoms with Gasteiger partial charge in [0.05, 0.1) is 5.69 Å². The summed E-state index contributed by atoms with van der Waals surface area (Å²) in [5.41, 5.74) is 7.75. The van der Waals surface area contributed by atoms with E-state index in [-0.39, 0.29) is 0 Å². The van der Waals surface area contributed by atoms with Gasteiger partial charge in [0.1, 0.15) is 17.0 Å². The number of nitrogens with one attached hydrogen (secondary N) is 1. The standard InChI is InChI=1S/C47H49N7O2/c1-6-7-27-43-49-42(32-33-48-45(55)56-46(3,4)5)34(2)53(43)39-30-28-35(29-31-39)40-25-17-18-26-41(40)44-50-51-52-54(44)47(36-19-11-8-12-20-36,37-21-13-9-14-22-37)38-23-15-10-16-24-38/h8-26,28-31H,6-7,27,32-33H2,1-5H3,(H,48,55). The molecule has 56 heavy (non-hydrogen) atoms. The molecule has 7 aromatic rings. The number of rotatable bonds is 13. The van der Waals surface area contributed by atoms with E-state index in [2.05, 4.69) is 144 Å². The van der Waals surface area contributed by atoms with Crippen molar-refractivity contribution in [1.29, 1.82) is 0 Å². The Morgan fingerprint density at radius 2 is 1.27 bits per heavy atom. The van der Waals surface area contributed by atoms with Gasteiger partial charge in [0, 0.05) is 36.3 Å². The molecule has 2 heterocycles. The molecule has 0 aliphatic heterocycles. The maximum atomic E-state index is 12.3. The van der Waals surface area contributed by atoms with Crippen molar-refractivity contribution in [3.05, 3.63) is 173 Å². The van der Waals surface area contributed by atoms with E-state index in [4.69, 9.17) is 20.0 Å². The van der Waals surface area contributed by atoms with E-state index < -0.39 is 17.2 Å². The van der Waals surface area contributed by atoms with Crippen LogP contribution in [0.1, 0.15) is 74.4 Å². The number of hydrogen-bond acceptors (Lipinski definition) is 6. The zero-order valence-electron chi connectivity index (χ0n) is 32.8. The monoisotopic (exact) mass is 743 g/mol. The molecule has 0 aliphatic carbocycles. The predicted octanol–water partition coefficient (Wildman–Crippen LogP) is 9.75. The number of amides is 1. The van der Waals surface area contributed by atoms with Gasteiger partial charge in [-0.25, -0.2) is 14.5 Å². The third-order valence-corrected chi connectivity index (χ3v) is 10.0. The predicted molar refractivity (Wildman–Crippen MR) is 222 cm³/mol. The van der Waals surface area contributed by atoms with Crippen LogP contribution in [-0.2, 0) is 23.1 Å². The number of benzene rings is 5. The van der Waals surface area contributed by atoms with Gasteiger partial charge in [0.25, 0.3) is 0 Å². The fourth-order valence-corrected chi connectivity index (χ4v) is 7.49. The zero-order chi connectivity index (χ0) is 39.1. The van der Waals surface area contributed by atoms with Crippen LogP contribution in [0.25, 0.3) is 28.2 Å². The molecule has 0 radical (unpaired) electrons. The van der Waals surface area contributed by atoms with Gasteiger partial charge in [-0.15, -0.1) is 5.10 Å². The number of aryl methyl sites for hydroxylation is 1. The lowest BCUT2D eigenvalue weighted by Crippen LogP contribution is -2.39. The molecule has 0 saturated carbocycles. The highest BCUT2D eigenvalue weighted by molar-refractivity contribution is 5.81. The fraction of sp³-hybridized carbons (Fsp3) is 0.255. The summed E-state index contributed by atoms with van der Waals surface area (Å²) in [5, 5.41) is 16.8. The molecule has 0 spiro atoms. The minimum Gasteiger partial charge on any atom is -0.444 e. The molecule has 1 amide bonds. The summed E-state index contributed by atoms with van der Waals surface area (Å²) in [7, 11) is 0. The third kappa shape index (κ3) is 7.75. The van der Waals surface area contributed by atoms with Gasteiger partial charge in [0.15, 0.2) is 5.82 Å². The molecule has 7 rings (SSSR count). The number of tetrazole rings is 1. The topological polar surface area (TPSA) is 99.8 Å². The summed E-state index contributed by atoms with van der Waals surface area (Å²) in [6.45, 7) is 10.3. The molecular weight excluding hydrogens is 695 g/mol. The lowest BCUT2D eigenvalue weighted by atomic mass is 9.77. The van der Waals surface area contributed by atoms with Crippen LogP contribution in [0.3, 0.4) is 0 Å². The number of aromatic nitrogens is 6. The molecule has 2 aromatic heterocycles. The van der Waals surface area contributed by atoms with Gasteiger partial charge in [0.2, 0.25) is 0 Å². The first-order valence-electron chi connectivity index (χ1n) is 19.4. The Kier molecular flexibility index (Phi) is 11.2. The highest BCUT2D eigenvalue weighted by Crippen LogP contribution is 2.43. The fourth-order valence-electron chi connectivity index (χ4n) is 7.49. The Hall–Kier alpha value is -6.35. The smallest absolute Gasteiger partial charge is 0.407 e. The van der Waals surface area contributed by atoms with Gasteiger partial charge < -0.3 is 14.6 Å². The number of imidazole rings is 1. The van der Waals surface area contributed by atoms with Crippen LogP contribution in [-0.4, -0.2) is 48.0 Å². The molecular formula is C47H49N7O2.